The van der Waals surface area contributed by atoms with E-state index in [1.165, 1.54) is 5.56 Å². The Balaban J connectivity index is 2.16. The molecule has 2 rings (SSSR count). The van der Waals surface area contributed by atoms with Gasteiger partial charge in [0.15, 0.2) is 0 Å². The van der Waals surface area contributed by atoms with Crippen molar-refractivity contribution >= 4 is 11.6 Å². The number of aliphatic hydroxyl groups is 1. The van der Waals surface area contributed by atoms with E-state index < -0.39 is 11.6 Å². The maximum Gasteiger partial charge on any atom is 0.251 e. The van der Waals surface area contributed by atoms with Crippen LogP contribution in [-0.4, -0.2) is 29.2 Å². The smallest absolute Gasteiger partial charge is 0.251 e. The predicted octanol–water partition coefficient (Wildman–Crippen LogP) is 1.93. The minimum absolute atomic E-state index is 0.140. The van der Waals surface area contributed by atoms with Crippen molar-refractivity contribution in [3.63, 3.8) is 0 Å². The van der Waals surface area contributed by atoms with Gasteiger partial charge in [-0.3, -0.25) is 4.79 Å². The van der Waals surface area contributed by atoms with Crippen molar-refractivity contribution in [2.45, 2.75) is 45.3 Å². The summed E-state index contributed by atoms with van der Waals surface area (Å²) >= 11 is 0. The van der Waals surface area contributed by atoms with Gasteiger partial charge >= 0.3 is 0 Å². The van der Waals surface area contributed by atoms with Gasteiger partial charge in [-0.15, -0.1) is 0 Å². The average molecular weight is 262 g/mol. The van der Waals surface area contributed by atoms with Crippen LogP contribution in [0, 0.1) is 0 Å². The highest BCUT2D eigenvalue weighted by Gasteiger charge is 2.26. The zero-order valence-corrected chi connectivity index (χ0v) is 11.8. The van der Waals surface area contributed by atoms with E-state index in [-0.39, 0.29) is 5.91 Å². The fourth-order valence-electron chi connectivity index (χ4n) is 2.09. The summed E-state index contributed by atoms with van der Waals surface area (Å²) in [6.07, 6.45) is 1.50. The number of anilines is 1. The first-order chi connectivity index (χ1) is 8.90. The molecule has 0 spiro atoms. The van der Waals surface area contributed by atoms with E-state index in [0.717, 1.165) is 25.1 Å². The highest BCUT2D eigenvalue weighted by atomic mass is 16.3. The zero-order valence-electron chi connectivity index (χ0n) is 11.8. The van der Waals surface area contributed by atoms with E-state index in [2.05, 4.69) is 10.6 Å². The van der Waals surface area contributed by atoms with E-state index in [9.17, 15) is 9.90 Å². The topological polar surface area (TPSA) is 61.4 Å². The van der Waals surface area contributed by atoms with E-state index in [0.29, 0.717) is 5.56 Å². The maximum atomic E-state index is 12.2. The molecule has 0 saturated heterocycles. The molecule has 1 aromatic carbocycles. The molecule has 1 unspecified atom stereocenters. The van der Waals surface area contributed by atoms with Gasteiger partial charge in [0, 0.05) is 17.8 Å². The average Bonchev–Trinajstić information content (AvgIpc) is 2.37. The van der Waals surface area contributed by atoms with E-state index >= 15 is 0 Å². The monoisotopic (exact) mass is 262 g/mol. The summed E-state index contributed by atoms with van der Waals surface area (Å²) in [5.74, 6) is -0.140. The van der Waals surface area contributed by atoms with Crippen molar-refractivity contribution in [3.8, 4) is 0 Å². The van der Waals surface area contributed by atoms with E-state index in [1.807, 2.05) is 32.0 Å². The van der Waals surface area contributed by atoms with Gasteiger partial charge in [0.05, 0.1) is 11.6 Å². The number of aryl methyl sites for hydroxylation is 1. The van der Waals surface area contributed by atoms with Crippen molar-refractivity contribution in [1.82, 2.24) is 5.32 Å². The molecule has 0 aliphatic carbocycles. The SMILES string of the molecule is CC(O)C(C)(C)NC(=O)c1ccc2c(c1)CCCN2. The Morgan fingerprint density at radius 2 is 2.21 bits per heavy atom. The first-order valence-corrected chi connectivity index (χ1v) is 6.77. The molecule has 0 aromatic heterocycles. The van der Waals surface area contributed by atoms with Crippen LogP contribution >= 0.6 is 0 Å². The number of carbonyl (C=O) groups is 1. The number of hydrogen-bond donors (Lipinski definition) is 3. The molecule has 1 heterocycles. The lowest BCUT2D eigenvalue weighted by molar-refractivity contribution is 0.0709. The number of carbonyl (C=O) groups excluding carboxylic acids is 1. The third kappa shape index (κ3) is 3.07. The lowest BCUT2D eigenvalue weighted by Crippen LogP contribution is -2.51. The molecule has 1 amide bonds. The van der Waals surface area contributed by atoms with Gasteiger partial charge < -0.3 is 15.7 Å². The van der Waals surface area contributed by atoms with Crippen LogP contribution in [-0.2, 0) is 6.42 Å². The Hall–Kier alpha value is -1.55. The first kappa shape index (κ1) is 13.9. The Morgan fingerprint density at radius 1 is 1.47 bits per heavy atom. The second-order valence-corrected chi connectivity index (χ2v) is 5.75. The maximum absolute atomic E-state index is 12.2. The minimum atomic E-state index is -0.634. The highest BCUT2D eigenvalue weighted by Crippen LogP contribution is 2.23. The summed E-state index contributed by atoms with van der Waals surface area (Å²) in [6.45, 7) is 6.30. The fraction of sp³-hybridized carbons (Fsp3) is 0.533. The number of benzene rings is 1. The standard InChI is InChI=1S/C15H22N2O2/c1-10(18)15(2,3)17-14(19)12-6-7-13-11(9-12)5-4-8-16-13/h6-7,9-10,16,18H,4-5,8H2,1-3H3,(H,17,19). The van der Waals surface area contributed by atoms with Gasteiger partial charge in [0.2, 0.25) is 0 Å². The first-order valence-electron chi connectivity index (χ1n) is 6.77. The molecule has 0 bridgehead atoms. The molecule has 4 heteroatoms. The summed E-state index contributed by atoms with van der Waals surface area (Å²) < 4.78 is 0. The highest BCUT2D eigenvalue weighted by molar-refractivity contribution is 5.95. The fourth-order valence-corrected chi connectivity index (χ4v) is 2.09. The number of hydrogen-bond acceptors (Lipinski definition) is 3. The van der Waals surface area contributed by atoms with Gasteiger partial charge in [-0.2, -0.15) is 0 Å². The zero-order chi connectivity index (χ0) is 14.0. The van der Waals surface area contributed by atoms with Gasteiger partial charge in [-0.1, -0.05) is 0 Å². The number of nitrogens with one attached hydrogen (secondary N) is 2. The molecule has 0 saturated carbocycles. The van der Waals surface area contributed by atoms with Crippen LogP contribution in [0.3, 0.4) is 0 Å². The van der Waals surface area contributed by atoms with Crippen LogP contribution in [0.1, 0.15) is 43.1 Å². The van der Waals surface area contributed by atoms with Crippen LogP contribution < -0.4 is 10.6 Å². The van der Waals surface area contributed by atoms with Gasteiger partial charge in [0.25, 0.3) is 5.91 Å². The van der Waals surface area contributed by atoms with E-state index in [4.69, 9.17) is 0 Å². The second-order valence-electron chi connectivity index (χ2n) is 5.75. The molecule has 19 heavy (non-hydrogen) atoms. The second kappa shape index (κ2) is 5.21. The Kier molecular flexibility index (Phi) is 3.80. The Morgan fingerprint density at radius 3 is 2.89 bits per heavy atom. The molecule has 1 atom stereocenters. The third-order valence-electron chi connectivity index (χ3n) is 3.79. The minimum Gasteiger partial charge on any atom is -0.391 e. The van der Waals surface area contributed by atoms with Crippen LogP contribution in [0.2, 0.25) is 0 Å². The van der Waals surface area contributed by atoms with Crippen molar-refractivity contribution in [2.24, 2.45) is 0 Å². The lowest BCUT2D eigenvalue weighted by Gasteiger charge is -2.29. The summed E-state index contributed by atoms with van der Waals surface area (Å²) in [5.41, 5.74) is 2.33. The molecular weight excluding hydrogens is 240 g/mol. The molecule has 1 aliphatic heterocycles. The molecule has 4 nitrogen and oxygen atoms in total. The molecular formula is C15H22N2O2. The molecule has 1 aromatic rings. The van der Waals surface area contributed by atoms with Crippen LogP contribution in [0.4, 0.5) is 5.69 Å². The van der Waals surface area contributed by atoms with Gasteiger partial charge in [-0.05, 0) is 57.4 Å². The number of rotatable bonds is 3. The van der Waals surface area contributed by atoms with Gasteiger partial charge in [0.1, 0.15) is 0 Å². The normalized spacial score (nSPS) is 16.2. The van der Waals surface area contributed by atoms with Crippen molar-refractivity contribution < 1.29 is 9.90 Å². The molecule has 3 N–H and O–H groups in total. The Bertz CT molecular complexity index is 481. The number of fused-ring (bicyclic) bond motifs is 1. The van der Waals surface area contributed by atoms with Crippen LogP contribution in [0.25, 0.3) is 0 Å². The van der Waals surface area contributed by atoms with Crippen LogP contribution in [0.15, 0.2) is 18.2 Å². The van der Waals surface area contributed by atoms with Crippen molar-refractivity contribution in [3.05, 3.63) is 29.3 Å². The van der Waals surface area contributed by atoms with Crippen molar-refractivity contribution in [1.29, 1.82) is 0 Å². The molecule has 104 valence electrons. The predicted molar refractivity (Wildman–Crippen MR) is 76.5 cm³/mol. The summed E-state index contributed by atoms with van der Waals surface area (Å²) in [6, 6.07) is 5.72. The van der Waals surface area contributed by atoms with Crippen LogP contribution in [0.5, 0.6) is 0 Å². The molecule has 0 radical (unpaired) electrons. The number of aliphatic hydroxyl groups excluding tert-OH is 1. The summed E-state index contributed by atoms with van der Waals surface area (Å²) in [4.78, 5) is 12.2. The Labute approximate surface area is 114 Å². The van der Waals surface area contributed by atoms with Crippen molar-refractivity contribution in [2.75, 3.05) is 11.9 Å². The largest absolute Gasteiger partial charge is 0.391 e. The summed E-state index contributed by atoms with van der Waals surface area (Å²) in [7, 11) is 0. The molecule has 0 fully saturated rings. The van der Waals surface area contributed by atoms with Gasteiger partial charge in [-0.25, -0.2) is 0 Å². The lowest BCUT2D eigenvalue weighted by atomic mass is 9.97. The molecule has 1 aliphatic rings. The van der Waals surface area contributed by atoms with E-state index in [1.54, 1.807) is 6.92 Å². The summed E-state index contributed by atoms with van der Waals surface area (Å²) in [5, 5.41) is 15.8. The quantitative estimate of drug-likeness (QED) is 0.780. The third-order valence-corrected chi connectivity index (χ3v) is 3.79. The number of amides is 1.